The molecule has 1 fully saturated rings. The first-order valence-electron chi connectivity index (χ1n) is 8.50. The first kappa shape index (κ1) is 18.0. The fourth-order valence-corrected chi connectivity index (χ4v) is 3.76. The summed E-state index contributed by atoms with van der Waals surface area (Å²) >= 11 is 1.53. The molecule has 3 heterocycles. The minimum Gasteiger partial charge on any atom is -0.376 e. The van der Waals surface area contributed by atoms with Crippen molar-refractivity contribution in [1.82, 2.24) is 19.8 Å². The number of hydrogen-bond donors (Lipinski definition) is 0. The Morgan fingerprint density at radius 2 is 2.12 bits per heavy atom. The third-order valence-corrected chi connectivity index (χ3v) is 4.91. The summed E-state index contributed by atoms with van der Waals surface area (Å²) in [6, 6.07) is 3.88. The van der Waals surface area contributed by atoms with Crippen LogP contribution in [0.15, 0.2) is 29.9 Å². The molecule has 134 valence electrons. The van der Waals surface area contributed by atoms with E-state index in [2.05, 4.69) is 9.97 Å². The second kappa shape index (κ2) is 8.51. The number of carbonyl (C=O) groups excluding carboxylic acids is 1. The third-order valence-electron chi connectivity index (χ3n) is 4.08. The molecule has 6 nitrogen and oxygen atoms in total. The largest absolute Gasteiger partial charge is 0.376 e. The molecule has 0 N–H and O–H groups in total. The van der Waals surface area contributed by atoms with Crippen LogP contribution in [0.25, 0.3) is 0 Å². The van der Waals surface area contributed by atoms with Crippen molar-refractivity contribution in [1.29, 1.82) is 0 Å². The zero-order valence-electron chi connectivity index (χ0n) is 14.7. The standard InChI is InChI=1S/C18H24N4O2S/c1-21(2)12-17-20-16(13-25-17)18(23)22(11-15-4-3-9-24-15)10-14-5-7-19-8-6-14/h5-8,13,15H,3-4,9-12H2,1-2H3. The summed E-state index contributed by atoms with van der Waals surface area (Å²) in [4.78, 5) is 25.5. The number of amides is 1. The maximum atomic E-state index is 13.0. The van der Waals surface area contributed by atoms with E-state index >= 15 is 0 Å². The topological polar surface area (TPSA) is 58.6 Å². The smallest absolute Gasteiger partial charge is 0.273 e. The molecule has 0 aromatic carbocycles. The maximum absolute atomic E-state index is 13.0. The first-order chi connectivity index (χ1) is 12.1. The summed E-state index contributed by atoms with van der Waals surface area (Å²) in [5, 5.41) is 2.81. The molecule has 1 atom stereocenters. The van der Waals surface area contributed by atoms with Gasteiger partial charge >= 0.3 is 0 Å². The van der Waals surface area contributed by atoms with Gasteiger partial charge in [-0.1, -0.05) is 0 Å². The van der Waals surface area contributed by atoms with Gasteiger partial charge in [-0.05, 0) is 44.6 Å². The SMILES string of the molecule is CN(C)Cc1nc(C(=O)N(Cc2ccncc2)CC2CCCO2)cs1. The van der Waals surface area contributed by atoms with E-state index in [9.17, 15) is 4.79 Å². The zero-order chi connectivity index (χ0) is 17.6. The van der Waals surface area contributed by atoms with Crippen molar-refractivity contribution in [2.45, 2.75) is 32.0 Å². The molecule has 7 heteroatoms. The van der Waals surface area contributed by atoms with E-state index in [-0.39, 0.29) is 12.0 Å². The van der Waals surface area contributed by atoms with Crippen molar-refractivity contribution >= 4 is 17.2 Å². The van der Waals surface area contributed by atoms with Gasteiger partial charge in [-0.2, -0.15) is 0 Å². The van der Waals surface area contributed by atoms with Crippen molar-refractivity contribution in [3.05, 3.63) is 46.2 Å². The molecule has 25 heavy (non-hydrogen) atoms. The highest BCUT2D eigenvalue weighted by atomic mass is 32.1. The van der Waals surface area contributed by atoms with Gasteiger partial charge in [-0.15, -0.1) is 11.3 Å². The molecule has 3 rings (SSSR count). The van der Waals surface area contributed by atoms with Crippen LogP contribution in [-0.4, -0.2) is 59.0 Å². The number of thiazole rings is 1. The Morgan fingerprint density at radius 3 is 2.80 bits per heavy atom. The number of rotatable bonds is 7. The Kier molecular flexibility index (Phi) is 6.12. The molecular weight excluding hydrogens is 336 g/mol. The molecule has 1 aliphatic heterocycles. The van der Waals surface area contributed by atoms with E-state index in [4.69, 9.17) is 4.74 Å². The van der Waals surface area contributed by atoms with E-state index in [1.165, 1.54) is 11.3 Å². The number of hydrogen-bond acceptors (Lipinski definition) is 6. The minimum atomic E-state index is -0.0337. The summed E-state index contributed by atoms with van der Waals surface area (Å²) in [5.74, 6) is -0.0337. The quantitative estimate of drug-likeness (QED) is 0.759. The van der Waals surface area contributed by atoms with Gasteiger partial charge < -0.3 is 14.5 Å². The van der Waals surface area contributed by atoms with Crippen molar-refractivity contribution in [2.75, 3.05) is 27.2 Å². The van der Waals surface area contributed by atoms with Crippen molar-refractivity contribution in [3.63, 3.8) is 0 Å². The van der Waals surface area contributed by atoms with Crippen LogP contribution in [-0.2, 0) is 17.8 Å². The summed E-state index contributed by atoms with van der Waals surface area (Å²) in [6.45, 7) is 2.67. The predicted molar refractivity (Wildman–Crippen MR) is 97.5 cm³/mol. The molecule has 1 unspecified atom stereocenters. The highest BCUT2D eigenvalue weighted by Crippen LogP contribution is 2.19. The van der Waals surface area contributed by atoms with Crippen LogP contribution >= 0.6 is 11.3 Å². The molecule has 0 aliphatic carbocycles. The molecule has 0 radical (unpaired) electrons. The summed E-state index contributed by atoms with van der Waals surface area (Å²) in [5.41, 5.74) is 1.58. The van der Waals surface area contributed by atoms with Gasteiger partial charge in [-0.3, -0.25) is 9.78 Å². The Balaban J connectivity index is 1.74. The van der Waals surface area contributed by atoms with Gasteiger partial charge in [0.1, 0.15) is 10.7 Å². The highest BCUT2D eigenvalue weighted by molar-refractivity contribution is 7.09. The molecule has 2 aromatic rings. The zero-order valence-corrected chi connectivity index (χ0v) is 15.5. The van der Waals surface area contributed by atoms with Crippen molar-refractivity contribution in [2.24, 2.45) is 0 Å². The van der Waals surface area contributed by atoms with Crippen LogP contribution in [0, 0.1) is 0 Å². The summed E-state index contributed by atoms with van der Waals surface area (Å²) in [7, 11) is 3.99. The predicted octanol–water partition coefficient (Wildman–Crippen LogP) is 2.42. The number of pyridine rings is 1. The lowest BCUT2D eigenvalue weighted by molar-refractivity contribution is 0.0503. The Bertz CT molecular complexity index is 683. The van der Waals surface area contributed by atoms with Crippen LogP contribution < -0.4 is 0 Å². The van der Waals surface area contributed by atoms with Crippen LogP contribution in [0.4, 0.5) is 0 Å². The number of nitrogens with zero attached hydrogens (tertiary/aromatic N) is 4. The van der Waals surface area contributed by atoms with Gasteiger partial charge in [0.25, 0.3) is 5.91 Å². The van der Waals surface area contributed by atoms with Crippen LogP contribution in [0.5, 0.6) is 0 Å². The maximum Gasteiger partial charge on any atom is 0.273 e. The second-order valence-corrected chi connectivity index (χ2v) is 7.48. The Labute approximate surface area is 152 Å². The van der Waals surface area contributed by atoms with Crippen molar-refractivity contribution in [3.8, 4) is 0 Å². The average Bonchev–Trinajstić information content (AvgIpc) is 3.26. The molecule has 2 aromatic heterocycles. The van der Waals surface area contributed by atoms with Crippen LogP contribution in [0.1, 0.15) is 33.9 Å². The van der Waals surface area contributed by atoms with Crippen molar-refractivity contribution < 1.29 is 9.53 Å². The van der Waals surface area contributed by atoms with E-state index in [0.717, 1.165) is 36.6 Å². The molecular formula is C18H24N4O2S. The molecule has 0 saturated carbocycles. The van der Waals surface area contributed by atoms with Gasteiger partial charge in [0.2, 0.25) is 0 Å². The molecule has 1 saturated heterocycles. The molecule has 0 bridgehead atoms. The Morgan fingerprint density at radius 1 is 1.32 bits per heavy atom. The monoisotopic (exact) mass is 360 g/mol. The first-order valence-corrected chi connectivity index (χ1v) is 9.38. The number of carbonyl (C=O) groups is 1. The third kappa shape index (κ3) is 5.07. The number of aromatic nitrogens is 2. The van der Waals surface area contributed by atoms with Gasteiger partial charge in [0.15, 0.2) is 0 Å². The average molecular weight is 360 g/mol. The lowest BCUT2D eigenvalue weighted by Crippen LogP contribution is -2.37. The molecule has 1 aliphatic rings. The fourth-order valence-electron chi connectivity index (χ4n) is 2.88. The summed E-state index contributed by atoms with van der Waals surface area (Å²) in [6.07, 6.45) is 5.68. The van der Waals surface area contributed by atoms with Crippen LogP contribution in [0.3, 0.4) is 0 Å². The number of ether oxygens (including phenoxy) is 1. The lowest BCUT2D eigenvalue weighted by atomic mass is 10.2. The summed E-state index contributed by atoms with van der Waals surface area (Å²) < 4.78 is 5.73. The minimum absolute atomic E-state index is 0.0337. The van der Waals surface area contributed by atoms with E-state index < -0.39 is 0 Å². The van der Waals surface area contributed by atoms with E-state index in [1.54, 1.807) is 12.4 Å². The van der Waals surface area contributed by atoms with Gasteiger partial charge in [-0.25, -0.2) is 4.98 Å². The van der Waals surface area contributed by atoms with Gasteiger partial charge in [0, 0.05) is 44.0 Å². The Hall–Kier alpha value is -1.83. The molecule has 0 spiro atoms. The second-order valence-electron chi connectivity index (χ2n) is 6.54. The van der Waals surface area contributed by atoms with Crippen LogP contribution in [0.2, 0.25) is 0 Å². The fraction of sp³-hybridized carbons (Fsp3) is 0.500. The molecule has 1 amide bonds. The van der Waals surface area contributed by atoms with E-state index in [1.807, 2.05) is 41.4 Å². The lowest BCUT2D eigenvalue weighted by Gasteiger charge is -2.25. The van der Waals surface area contributed by atoms with E-state index in [0.29, 0.717) is 18.8 Å². The normalized spacial score (nSPS) is 17.2. The van der Waals surface area contributed by atoms with Gasteiger partial charge in [0.05, 0.1) is 6.10 Å². The highest BCUT2D eigenvalue weighted by Gasteiger charge is 2.25.